The van der Waals surface area contributed by atoms with Crippen molar-refractivity contribution < 1.29 is 35.5 Å². The van der Waals surface area contributed by atoms with Crippen molar-refractivity contribution in [3.8, 4) is 5.75 Å². The fourth-order valence-electron chi connectivity index (χ4n) is 5.47. The molecule has 0 spiro atoms. The molecule has 3 unspecified atom stereocenters. The number of anilines is 1. The van der Waals surface area contributed by atoms with Gasteiger partial charge in [-0.15, -0.1) is 0 Å². The first-order valence-electron chi connectivity index (χ1n) is 13.4. The summed E-state index contributed by atoms with van der Waals surface area (Å²) in [4.78, 5) is 13.4. The molecule has 5 rings (SSSR count). The molecule has 13 heteroatoms. The Bertz CT molecular complexity index is 1540. The minimum Gasteiger partial charge on any atom is -0.487 e. The van der Waals surface area contributed by atoms with Crippen molar-refractivity contribution in [3.63, 3.8) is 0 Å². The van der Waals surface area contributed by atoms with E-state index in [9.17, 15) is 30.8 Å². The van der Waals surface area contributed by atoms with Crippen LogP contribution in [0.25, 0.3) is 0 Å². The summed E-state index contributed by atoms with van der Waals surface area (Å²) in [6, 6.07) is 9.54. The third-order valence-corrected chi connectivity index (χ3v) is 9.51. The lowest BCUT2D eigenvalue weighted by atomic mass is 9.84. The van der Waals surface area contributed by atoms with Crippen LogP contribution >= 0.6 is 0 Å². The largest absolute Gasteiger partial charge is 0.487 e. The van der Waals surface area contributed by atoms with Crippen molar-refractivity contribution >= 4 is 21.6 Å². The summed E-state index contributed by atoms with van der Waals surface area (Å²) in [5, 5.41) is 5.83. The molecule has 224 valence electrons. The number of carbonyl (C=O) groups excluding carboxylic acids is 1. The number of amides is 1. The standard InChI is InChI=1S/C29H30F4N4O4S/c30-19-8-6-17(7-9-19)26(18-11-20(31)13-21(32)12-18)27(34)29(38)36-25-5-1-4-24(33)28(25)41-16-23-14-35-22-3-2-10-42(39,40)37(23)15-22/h1,4-9,11-13,22-23,26-27,35H,2-3,10,14-16,34H2,(H,36,38)/t22?,23?,26-,27-/m0/s1. The molecule has 2 aliphatic rings. The van der Waals surface area contributed by atoms with Crippen LogP contribution in [0.3, 0.4) is 0 Å². The molecule has 2 fully saturated rings. The quantitative estimate of drug-likeness (QED) is 0.339. The Morgan fingerprint density at radius 3 is 2.45 bits per heavy atom. The van der Waals surface area contributed by atoms with Gasteiger partial charge < -0.3 is 21.1 Å². The zero-order valence-corrected chi connectivity index (χ0v) is 23.2. The van der Waals surface area contributed by atoms with Crippen LogP contribution in [-0.4, -0.2) is 62.2 Å². The number of hydrogen-bond donors (Lipinski definition) is 3. The van der Waals surface area contributed by atoms with Gasteiger partial charge >= 0.3 is 0 Å². The van der Waals surface area contributed by atoms with E-state index in [1.54, 1.807) is 0 Å². The number of halogens is 4. The number of benzene rings is 3. The van der Waals surface area contributed by atoms with Crippen molar-refractivity contribution in [3.05, 3.63) is 95.1 Å². The second kappa shape index (κ2) is 12.4. The van der Waals surface area contributed by atoms with Gasteiger partial charge in [-0.05, 0) is 60.4 Å². The van der Waals surface area contributed by atoms with Crippen molar-refractivity contribution in [2.24, 2.45) is 5.73 Å². The Balaban J connectivity index is 1.38. The number of carbonyl (C=O) groups is 1. The Morgan fingerprint density at radius 2 is 1.74 bits per heavy atom. The summed E-state index contributed by atoms with van der Waals surface area (Å²) in [7, 11) is -3.51. The van der Waals surface area contributed by atoms with Gasteiger partial charge in [0.25, 0.3) is 0 Å². The van der Waals surface area contributed by atoms with E-state index < -0.39 is 57.2 Å². The molecular weight excluding hydrogens is 576 g/mol. The number of piperazine rings is 1. The van der Waals surface area contributed by atoms with Crippen LogP contribution in [0.5, 0.6) is 5.75 Å². The lowest BCUT2D eigenvalue weighted by molar-refractivity contribution is -0.117. The second-order valence-corrected chi connectivity index (χ2v) is 12.5. The maximum atomic E-state index is 15.0. The predicted molar refractivity (Wildman–Crippen MR) is 148 cm³/mol. The van der Waals surface area contributed by atoms with Crippen molar-refractivity contribution in [2.45, 2.75) is 36.9 Å². The minimum absolute atomic E-state index is 0.0189. The third kappa shape index (κ3) is 6.59. The van der Waals surface area contributed by atoms with Crippen molar-refractivity contribution in [1.82, 2.24) is 9.62 Å². The van der Waals surface area contributed by atoms with Crippen LogP contribution in [0.2, 0.25) is 0 Å². The SMILES string of the molecule is N[C@H](C(=O)Nc1cccc(F)c1OCC1CNC2CCCS(=O)(=O)N1C2)[C@@H](c1ccc(F)cc1)c1cc(F)cc(F)c1. The molecule has 2 heterocycles. The van der Waals surface area contributed by atoms with Crippen LogP contribution in [0, 0.1) is 23.3 Å². The van der Waals surface area contributed by atoms with Crippen LogP contribution in [0.4, 0.5) is 23.2 Å². The Kier molecular flexibility index (Phi) is 8.83. The Labute approximate surface area is 240 Å². The zero-order valence-electron chi connectivity index (χ0n) is 22.4. The fraction of sp³-hybridized carbons (Fsp3) is 0.345. The first-order chi connectivity index (χ1) is 20.0. The number of rotatable bonds is 8. The summed E-state index contributed by atoms with van der Waals surface area (Å²) in [5.74, 6) is -5.36. The van der Waals surface area contributed by atoms with Gasteiger partial charge in [-0.1, -0.05) is 18.2 Å². The number of fused-ring (bicyclic) bond motifs is 2. The molecule has 42 heavy (non-hydrogen) atoms. The van der Waals surface area contributed by atoms with Gasteiger partial charge in [0, 0.05) is 31.1 Å². The number of nitrogens with two attached hydrogens (primary N) is 1. The van der Waals surface area contributed by atoms with E-state index in [2.05, 4.69) is 10.6 Å². The summed E-state index contributed by atoms with van der Waals surface area (Å²) in [6.07, 6.45) is 1.27. The molecule has 4 N–H and O–H groups in total. The highest BCUT2D eigenvalue weighted by Gasteiger charge is 2.38. The topological polar surface area (TPSA) is 114 Å². The monoisotopic (exact) mass is 606 g/mol. The number of nitrogens with zero attached hydrogens (tertiary/aromatic N) is 1. The smallest absolute Gasteiger partial charge is 0.242 e. The highest BCUT2D eigenvalue weighted by atomic mass is 32.2. The van der Waals surface area contributed by atoms with Gasteiger partial charge in [-0.25, -0.2) is 26.0 Å². The summed E-state index contributed by atoms with van der Waals surface area (Å²) < 4.78 is 89.5. The summed E-state index contributed by atoms with van der Waals surface area (Å²) >= 11 is 0. The van der Waals surface area contributed by atoms with Gasteiger partial charge in [0.05, 0.1) is 23.5 Å². The van der Waals surface area contributed by atoms with E-state index >= 15 is 0 Å². The van der Waals surface area contributed by atoms with E-state index in [1.807, 2.05) is 0 Å². The lowest BCUT2D eigenvalue weighted by Crippen LogP contribution is -2.58. The second-order valence-electron chi connectivity index (χ2n) is 10.5. The summed E-state index contributed by atoms with van der Waals surface area (Å²) in [6.45, 7) is 0.418. The highest BCUT2D eigenvalue weighted by molar-refractivity contribution is 7.89. The van der Waals surface area contributed by atoms with E-state index in [1.165, 1.54) is 28.6 Å². The average molecular weight is 607 g/mol. The fourth-order valence-corrected chi connectivity index (χ4v) is 7.24. The molecule has 0 saturated carbocycles. The molecule has 0 aliphatic carbocycles. The van der Waals surface area contributed by atoms with E-state index in [0.29, 0.717) is 24.6 Å². The molecule has 0 radical (unpaired) electrons. The van der Waals surface area contributed by atoms with Crippen molar-refractivity contribution in [2.75, 3.05) is 30.8 Å². The van der Waals surface area contributed by atoms with E-state index in [4.69, 9.17) is 10.5 Å². The molecule has 2 bridgehead atoms. The van der Waals surface area contributed by atoms with Crippen LogP contribution < -0.4 is 21.1 Å². The van der Waals surface area contributed by atoms with E-state index in [-0.39, 0.29) is 41.9 Å². The average Bonchev–Trinajstić information content (AvgIpc) is 3.05. The van der Waals surface area contributed by atoms with Crippen LogP contribution in [0.1, 0.15) is 29.9 Å². The first-order valence-corrected chi connectivity index (χ1v) is 15.0. The number of sulfonamides is 1. The molecular formula is C29H30F4N4O4S. The maximum Gasteiger partial charge on any atom is 0.242 e. The molecule has 8 nitrogen and oxygen atoms in total. The van der Waals surface area contributed by atoms with Gasteiger partial charge in [-0.2, -0.15) is 4.31 Å². The predicted octanol–water partition coefficient (Wildman–Crippen LogP) is 3.49. The third-order valence-electron chi connectivity index (χ3n) is 7.54. The Hall–Kier alpha value is -3.52. The normalized spacial score (nSPS) is 22.9. The van der Waals surface area contributed by atoms with Gasteiger partial charge in [-0.3, -0.25) is 4.79 Å². The Morgan fingerprint density at radius 1 is 1.02 bits per heavy atom. The molecule has 2 aliphatic heterocycles. The van der Waals surface area contributed by atoms with E-state index in [0.717, 1.165) is 36.8 Å². The lowest BCUT2D eigenvalue weighted by Gasteiger charge is -2.37. The number of nitrogens with one attached hydrogen (secondary N) is 2. The molecule has 3 aromatic rings. The molecule has 0 aromatic heterocycles. The van der Waals surface area contributed by atoms with Crippen LogP contribution in [0.15, 0.2) is 60.7 Å². The molecule has 3 aromatic carbocycles. The van der Waals surface area contributed by atoms with Crippen molar-refractivity contribution in [1.29, 1.82) is 0 Å². The van der Waals surface area contributed by atoms with Gasteiger partial charge in [0.2, 0.25) is 15.9 Å². The van der Waals surface area contributed by atoms with Gasteiger partial charge in [0.15, 0.2) is 11.6 Å². The van der Waals surface area contributed by atoms with Gasteiger partial charge in [0.1, 0.15) is 24.1 Å². The molecule has 1 amide bonds. The molecule has 2 saturated heterocycles. The number of ether oxygens (including phenoxy) is 1. The highest BCUT2D eigenvalue weighted by Crippen LogP contribution is 2.32. The number of hydrogen-bond acceptors (Lipinski definition) is 6. The zero-order chi connectivity index (χ0) is 30.0. The minimum atomic E-state index is -3.51. The maximum absolute atomic E-state index is 15.0. The van der Waals surface area contributed by atoms with Crippen LogP contribution in [-0.2, 0) is 14.8 Å². The summed E-state index contributed by atoms with van der Waals surface area (Å²) in [5.41, 5.74) is 6.62. The first kappa shape index (κ1) is 30.0. The number of para-hydroxylation sites is 1. The molecule has 5 atom stereocenters.